The Bertz CT molecular complexity index is 1280. The molecule has 3 heterocycles. The van der Waals surface area contributed by atoms with Crippen LogP contribution in [0.1, 0.15) is 39.3 Å². The summed E-state index contributed by atoms with van der Waals surface area (Å²) in [4.78, 5) is 38.4. The van der Waals surface area contributed by atoms with Gasteiger partial charge in [0.1, 0.15) is 4.83 Å². The second kappa shape index (κ2) is 6.90. The molecule has 142 valence electrons. The second-order valence-electron chi connectivity index (χ2n) is 7.14. The van der Waals surface area contributed by atoms with E-state index in [0.717, 1.165) is 51.6 Å². The number of thioether (sulfide) groups is 1. The number of aromatic amines is 2. The van der Waals surface area contributed by atoms with E-state index in [9.17, 15) is 9.59 Å². The minimum Gasteiger partial charge on any atom is -0.358 e. The van der Waals surface area contributed by atoms with Crippen LogP contribution < -0.4 is 5.56 Å². The molecule has 28 heavy (non-hydrogen) atoms. The summed E-state index contributed by atoms with van der Waals surface area (Å²) in [7, 11) is 0. The SMILES string of the molecule is Cc1[nH]c2ccccc2c1C(=O)CSc1nc2sc3c(c2c(=O)[nH]1)CCCC3. The molecule has 1 aromatic carbocycles. The number of nitrogens with one attached hydrogen (secondary N) is 2. The number of fused-ring (bicyclic) bond motifs is 4. The van der Waals surface area contributed by atoms with E-state index in [0.29, 0.717) is 5.16 Å². The first-order chi connectivity index (χ1) is 13.6. The Morgan fingerprint density at radius 1 is 1.21 bits per heavy atom. The largest absolute Gasteiger partial charge is 0.358 e. The predicted octanol–water partition coefficient (Wildman–Crippen LogP) is 4.63. The minimum atomic E-state index is -0.0809. The van der Waals surface area contributed by atoms with Crippen LogP contribution in [0.3, 0.4) is 0 Å². The van der Waals surface area contributed by atoms with Crippen molar-refractivity contribution in [2.75, 3.05) is 5.75 Å². The molecule has 3 aromatic heterocycles. The first-order valence-electron chi connectivity index (χ1n) is 9.39. The van der Waals surface area contributed by atoms with E-state index < -0.39 is 0 Å². The van der Waals surface area contributed by atoms with Crippen LogP contribution >= 0.6 is 23.1 Å². The van der Waals surface area contributed by atoms with Gasteiger partial charge in [0.05, 0.1) is 11.1 Å². The zero-order chi connectivity index (χ0) is 19.3. The topological polar surface area (TPSA) is 78.6 Å². The highest BCUT2D eigenvalue weighted by Gasteiger charge is 2.21. The van der Waals surface area contributed by atoms with Crippen molar-refractivity contribution < 1.29 is 4.79 Å². The predicted molar refractivity (Wildman–Crippen MR) is 115 cm³/mol. The van der Waals surface area contributed by atoms with E-state index >= 15 is 0 Å². The van der Waals surface area contributed by atoms with Gasteiger partial charge in [0.2, 0.25) is 0 Å². The summed E-state index contributed by atoms with van der Waals surface area (Å²) in [5, 5.41) is 2.21. The minimum absolute atomic E-state index is 0.0353. The first-order valence-corrected chi connectivity index (χ1v) is 11.2. The van der Waals surface area contributed by atoms with Crippen molar-refractivity contribution in [3.8, 4) is 0 Å². The molecule has 1 aliphatic carbocycles. The van der Waals surface area contributed by atoms with Crippen molar-refractivity contribution in [3.05, 3.63) is 56.3 Å². The Labute approximate surface area is 169 Å². The molecule has 2 N–H and O–H groups in total. The van der Waals surface area contributed by atoms with Gasteiger partial charge in [0.15, 0.2) is 10.9 Å². The summed E-state index contributed by atoms with van der Waals surface area (Å²) in [5.41, 5.74) is 3.66. The van der Waals surface area contributed by atoms with E-state index in [1.165, 1.54) is 28.6 Å². The summed E-state index contributed by atoms with van der Waals surface area (Å²) in [6.07, 6.45) is 4.31. The maximum absolute atomic E-state index is 12.9. The number of thiophene rings is 1. The fourth-order valence-corrected chi connectivity index (χ4v) is 6.11. The first kappa shape index (κ1) is 17.7. The highest BCUT2D eigenvalue weighted by atomic mass is 32.2. The third kappa shape index (κ3) is 2.89. The second-order valence-corrected chi connectivity index (χ2v) is 9.19. The molecule has 0 aliphatic heterocycles. The van der Waals surface area contributed by atoms with E-state index in [1.54, 1.807) is 11.3 Å². The normalized spacial score (nSPS) is 13.9. The number of aryl methyl sites for hydroxylation is 3. The summed E-state index contributed by atoms with van der Waals surface area (Å²) >= 11 is 2.93. The maximum atomic E-state index is 12.9. The maximum Gasteiger partial charge on any atom is 0.260 e. The molecule has 0 amide bonds. The average molecular weight is 410 g/mol. The Balaban J connectivity index is 1.43. The van der Waals surface area contributed by atoms with Crippen LogP contribution in [0.25, 0.3) is 21.1 Å². The van der Waals surface area contributed by atoms with Crippen LogP contribution in [-0.4, -0.2) is 26.5 Å². The van der Waals surface area contributed by atoms with Crippen LogP contribution in [0.15, 0.2) is 34.2 Å². The Kier molecular flexibility index (Phi) is 4.36. The van der Waals surface area contributed by atoms with Crippen LogP contribution in [0, 0.1) is 6.92 Å². The summed E-state index contributed by atoms with van der Waals surface area (Å²) in [6.45, 7) is 1.92. The standard InChI is InChI=1S/C21H19N3O2S2/c1-11-17(12-6-2-4-8-14(12)22-11)15(25)10-27-21-23-19(26)18-13-7-3-5-9-16(13)28-20(18)24-21/h2,4,6,8,22H,3,5,7,9-10H2,1H3,(H,23,24,26). The molecule has 0 atom stereocenters. The number of ketones is 1. The number of H-pyrrole nitrogens is 2. The molecular formula is C21H19N3O2S2. The van der Waals surface area contributed by atoms with Gasteiger partial charge in [-0.05, 0) is 44.2 Å². The van der Waals surface area contributed by atoms with Gasteiger partial charge in [0.25, 0.3) is 5.56 Å². The molecule has 0 saturated heterocycles. The Morgan fingerprint density at radius 3 is 2.93 bits per heavy atom. The molecule has 0 spiro atoms. The molecule has 5 nitrogen and oxygen atoms in total. The molecule has 0 unspecified atom stereocenters. The van der Waals surface area contributed by atoms with Crippen molar-refractivity contribution in [2.24, 2.45) is 0 Å². The fourth-order valence-electron chi connectivity index (χ4n) is 4.05. The van der Waals surface area contributed by atoms with Gasteiger partial charge < -0.3 is 9.97 Å². The van der Waals surface area contributed by atoms with Crippen molar-refractivity contribution in [3.63, 3.8) is 0 Å². The highest BCUT2D eigenvalue weighted by Crippen LogP contribution is 2.34. The number of aromatic nitrogens is 3. The molecule has 0 fully saturated rings. The average Bonchev–Trinajstić information content (AvgIpc) is 3.22. The van der Waals surface area contributed by atoms with Crippen LogP contribution in [0.2, 0.25) is 0 Å². The highest BCUT2D eigenvalue weighted by molar-refractivity contribution is 7.99. The molecule has 4 aromatic rings. The van der Waals surface area contributed by atoms with E-state index in [-0.39, 0.29) is 17.1 Å². The van der Waals surface area contributed by atoms with Gasteiger partial charge >= 0.3 is 0 Å². The lowest BCUT2D eigenvalue weighted by molar-refractivity contribution is 0.102. The lowest BCUT2D eigenvalue weighted by atomic mass is 9.97. The van der Waals surface area contributed by atoms with Gasteiger partial charge in [-0.3, -0.25) is 9.59 Å². The Hall–Kier alpha value is -2.38. The van der Waals surface area contributed by atoms with Crippen molar-refractivity contribution in [2.45, 2.75) is 37.8 Å². The van der Waals surface area contributed by atoms with Crippen LogP contribution in [0.5, 0.6) is 0 Å². The number of rotatable bonds is 4. The number of nitrogens with zero attached hydrogens (tertiary/aromatic N) is 1. The van der Waals surface area contributed by atoms with Crippen molar-refractivity contribution in [1.82, 2.24) is 15.0 Å². The van der Waals surface area contributed by atoms with Gasteiger partial charge in [-0.25, -0.2) is 4.98 Å². The Morgan fingerprint density at radius 2 is 2.04 bits per heavy atom. The summed E-state index contributed by atoms with van der Waals surface area (Å²) < 4.78 is 0. The number of Topliss-reactive ketones (excluding diaryl/α,β-unsaturated/α-hetero) is 1. The van der Waals surface area contributed by atoms with Gasteiger partial charge in [-0.15, -0.1) is 11.3 Å². The van der Waals surface area contributed by atoms with Crippen molar-refractivity contribution in [1.29, 1.82) is 0 Å². The monoisotopic (exact) mass is 409 g/mol. The molecule has 7 heteroatoms. The number of benzene rings is 1. The van der Waals surface area contributed by atoms with Crippen LogP contribution in [0.4, 0.5) is 0 Å². The van der Waals surface area contributed by atoms with Crippen LogP contribution in [-0.2, 0) is 12.8 Å². The third-order valence-corrected chi connectivity index (χ3v) is 7.37. The number of carbonyl (C=O) groups is 1. The molecule has 5 rings (SSSR count). The molecular weight excluding hydrogens is 390 g/mol. The van der Waals surface area contributed by atoms with Gasteiger partial charge in [-0.2, -0.15) is 0 Å². The molecule has 1 aliphatic rings. The zero-order valence-corrected chi connectivity index (χ0v) is 17.1. The third-order valence-electron chi connectivity index (χ3n) is 5.32. The molecule has 0 saturated carbocycles. The lowest BCUT2D eigenvalue weighted by Crippen LogP contribution is -2.12. The number of para-hydroxylation sites is 1. The van der Waals surface area contributed by atoms with Crippen molar-refractivity contribution >= 4 is 50.0 Å². The quantitative estimate of drug-likeness (QED) is 0.293. The fraction of sp³-hybridized carbons (Fsp3) is 0.286. The van der Waals surface area contributed by atoms with Gasteiger partial charge in [-0.1, -0.05) is 30.0 Å². The molecule has 0 bridgehead atoms. The van der Waals surface area contributed by atoms with E-state index in [1.807, 2.05) is 31.2 Å². The number of hydrogen-bond donors (Lipinski definition) is 2. The number of carbonyl (C=O) groups excluding carboxylic acids is 1. The smallest absolute Gasteiger partial charge is 0.260 e. The number of hydrogen-bond acceptors (Lipinski definition) is 5. The van der Waals surface area contributed by atoms with E-state index in [4.69, 9.17) is 0 Å². The van der Waals surface area contributed by atoms with E-state index in [2.05, 4.69) is 15.0 Å². The lowest BCUT2D eigenvalue weighted by Gasteiger charge is -2.09. The van der Waals surface area contributed by atoms with Gasteiger partial charge in [0, 0.05) is 27.0 Å². The summed E-state index contributed by atoms with van der Waals surface area (Å²) in [6, 6.07) is 7.81. The summed E-state index contributed by atoms with van der Waals surface area (Å²) in [5.74, 6) is 0.274. The molecule has 0 radical (unpaired) electrons. The zero-order valence-electron chi connectivity index (χ0n) is 15.4.